The van der Waals surface area contributed by atoms with Gasteiger partial charge in [-0.1, -0.05) is 11.8 Å². The summed E-state index contributed by atoms with van der Waals surface area (Å²) < 4.78 is 1.07. The van der Waals surface area contributed by atoms with Gasteiger partial charge in [-0.3, -0.25) is 4.98 Å². The number of pyridine rings is 1. The van der Waals surface area contributed by atoms with E-state index in [0.29, 0.717) is 5.00 Å². The fourth-order valence-corrected chi connectivity index (χ4v) is 3.61. The molecule has 0 saturated heterocycles. The van der Waals surface area contributed by atoms with Crippen LogP contribution in [0.1, 0.15) is 0 Å². The highest BCUT2D eigenvalue weighted by atomic mass is 32.2. The van der Waals surface area contributed by atoms with E-state index in [-0.39, 0.29) is 0 Å². The number of hydrogen-bond donors (Lipinski definition) is 1. The Morgan fingerprint density at radius 1 is 1.21 bits per heavy atom. The van der Waals surface area contributed by atoms with Crippen molar-refractivity contribution in [1.29, 1.82) is 0 Å². The van der Waals surface area contributed by atoms with E-state index in [4.69, 9.17) is 12.3 Å². The molecule has 0 amide bonds. The molecule has 0 aliphatic heterocycles. The first-order valence-corrected chi connectivity index (χ1v) is 7.19. The zero-order valence-corrected chi connectivity index (χ0v) is 11.5. The van der Waals surface area contributed by atoms with Gasteiger partial charge in [0.05, 0.1) is 16.8 Å². The molecule has 2 heterocycles. The van der Waals surface area contributed by atoms with Crippen molar-refractivity contribution in [2.75, 3.05) is 5.73 Å². The molecule has 5 heteroatoms. The minimum absolute atomic E-state index is 0.674. The first-order chi connectivity index (χ1) is 9.26. The fraction of sp³-hybridized carbons (Fsp3) is 0. The molecule has 0 spiro atoms. The van der Waals surface area contributed by atoms with Crippen LogP contribution in [0, 0.1) is 6.57 Å². The molecule has 3 aromatic rings. The van der Waals surface area contributed by atoms with E-state index in [2.05, 4.69) is 9.83 Å². The quantitative estimate of drug-likeness (QED) is 0.553. The molecule has 0 aliphatic rings. The standard InChI is InChI=1S/C14H9N3S2/c1-16-13-8-11-14(19-13)12(6-7-17-11)18-10-4-2-9(15)3-5-10/h2-8H,15H2. The van der Waals surface area contributed by atoms with Crippen LogP contribution >= 0.6 is 23.1 Å². The summed E-state index contributed by atoms with van der Waals surface area (Å²) in [7, 11) is 0. The van der Waals surface area contributed by atoms with E-state index >= 15 is 0 Å². The predicted octanol–water partition coefficient (Wildman–Crippen LogP) is 4.58. The molecule has 0 saturated carbocycles. The third-order valence-corrected chi connectivity index (χ3v) is 4.83. The van der Waals surface area contributed by atoms with Gasteiger partial charge in [-0.25, -0.2) is 4.85 Å². The molecule has 0 radical (unpaired) electrons. The number of rotatable bonds is 2. The number of benzene rings is 1. The number of nitrogens with two attached hydrogens (primary N) is 1. The Morgan fingerprint density at radius 2 is 2.00 bits per heavy atom. The number of hydrogen-bond acceptors (Lipinski definition) is 4. The van der Waals surface area contributed by atoms with Crippen molar-refractivity contribution >= 4 is 44.0 Å². The van der Waals surface area contributed by atoms with Crippen molar-refractivity contribution < 1.29 is 0 Å². The van der Waals surface area contributed by atoms with Gasteiger partial charge in [0.1, 0.15) is 0 Å². The van der Waals surface area contributed by atoms with Crippen LogP contribution in [0.4, 0.5) is 10.7 Å². The molecule has 92 valence electrons. The van der Waals surface area contributed by atoms with Gasteiger partial charge in [-0.05, 0) is 36.4 Å². The summed E-state index contributed by atoms with van der Waals surface area (Å²) in [4.78, 5) is 10.0. The Hall–Kier alpha value is -2.03. The predicted molar refractivity (Wildman–Crippen MR) is 80.9 cm³/mol. The third kappa shape index (κ3) is 2.41. The number of nitrogen functional groups attached to an aromatic ring is 1. The van der Waals surface area contributed by atoms with Gasteiger partial charge in [0.15, 0.2) is 0 Å². The Bertz CT molecular complexity index is 769. The summed E-state index contributed by atoms with van der Waals surface area (Å²) in [5.41, 5.74) is 7.33. The molecule has 0 atom stereocenters. The molecule has 2 N–H and O–H groups in total. The van der Waals surface area contributed by atoms with Gasteiger partial charge >= 0.3 is 0 Å². The third-order valence-electron chi connectivity index (χ3n) is 2.58. The lowest BCUT2D eigenvalue weighted by Crippen LogP contribution is -1.82. The molecule has 2 aromatic heterocycles. The number of thiophene rings is 1. The van der Waals surface area contributed by atoms with E-state index in [1.807, 2.05) is 36.4 Å². The molecule has 0 bridgehead atoms. The summed E-state index contributed by atoms with van der Waals surface area (Å²) in [6.07, 6.45) is 1.78. The van der Waals surface area contributed by atoms with E-state index in [1.54, 1.807) is 18.0 Å². The zero-order valence-electron chi connectivity index (χ0n) is 9.83. The summed E-state index contributed by atoms with van der Waals surface area (Å²) in [6, 6.07) is 11.6. The Kier molecular flexibility index (Phi) is 3.11. The maximum Gasteiger partial charge on any atom is 0.243 e. The van der Waals surface area contributed by atoms with E-state index < -0.39 is 0 Å². The largest absolute Gasteiger partial charge is 0.399 e. The monoisotopic (exact) mass is 283 g/mol. The van der Waals surface area contributed by atoms with E-state index in [1.165, 1.54) is 11.3 Å². The van der Waals surface area contributed by atoms with Crippen LogP contribution in [0.5, 0.6) is 0 Å². The highest BCUT2D eigenvalue weighted by molar-refractivity contribution is 7.99. The van der Waals surface area contributed by atoms with Crippen molar-refractivity contribution in [3.05, 3.63) is 54.0 Å². The van der Waals surface area contributed by atoms with E-state index in [0.717, 1.165) is 25.7 Å². The minimum Gasteiger partial charge on any atom is -0.399 e. The maximum atomic E-state index is 7.08. The lowest BCUT2D eigenvalue weighted by molar-refractivity contribution is 1.36. The van der Waals surface area contributed by atoms with Crippen LogP contribution in [0.2, 0.25) is 0 Å². The highest BCUT2D eigenvalue weighted by Crippen LogP contribution is 2.39. The van der Waals surface area contributed by atoms with Crippen molar-refractivity contribution in [3.8, 4) is 0 Å². The summed E-state index contributed by atoms with van der Waals surface area (Å²) >= 11 is 3.15. The second-order valence-electron chi connectivity index (χ2n) is 3.89. The zero-order chi connectivity index (χ0) is 13.2. The molecule has 0 aliphatic carbocycles. The maximum absolute atomic E-state index is 7.08. The van der Waals surface area contributed by atoms with Crippen LogP contribution in [-0.2, 0) is 0 Å². The van der Waals surface area contributed by atoms with Gasteiger partial charge in [0, 0.05) is 21.7 Å². The first kappa shape index (κ1) is 12.0. The first-order valence-electron chi connectivity index (χ1n) is 5.55. The van der Waals surface area contributed by atoms with Gasteiger partial charge < -0.3 is 5.73 Å². The number of nitrogens with zero attached hydrogens (tertiary/aromatic N) is 2. The van der Waals surface area contributed by atoms with Crippen LogP contribution < -0.4 is 5.73 Å². The molecule has 0 fully saturated rings. The summed E-state index contributed by atoms with van der Waals surface area (Å²) in [5, 5.41) is 0.674. The highest BCUT2D eigenvalue weighted by Gasteiger charge is 2.08. The van der Waals surface area contributed by atoms with Crippen LogP contribution in [0.15, 0.2) is 52.4 Å². The second kappa shape index (κ2) is 4.92. The molecule has 1 aromatic carbocycles. The van der Waals surface area contributed by atoms with Crippen molar-refractivity contribution in [2.24, 2.45) is 0 Å². The minimum atomic E-state index is 0.674. The number of aromatic nitrogens is 1. The Morgan fingerprint density at radius 3 is 2.74 bits per heavy atom. The number of fused-ring (bicyclic) bond motifs is 1. The van der Waals surface area contributed by atoms with Crippen molar-refractivity contribution in [3.63, 3.8) is 0 Å². The lowest BCUT2D eigenvalue weighted by Gasteiger charge is -2.03. The second-order valence-corrected chi connectivity index (χ2v) is 6.04. The lowest BCUT2D eigenvalue weighted by atomic mass is 10.3. The van der Waals surface area contributed by atoms with Gasteiger partial charge in [-0.15, -0.1) is 0 Å². The average molecular weight is 283 g/mol. The fourth-order valence-electron chi connectivity index (χ4n) is 1.70. The molecular formula is C14H9N3S2. The normalized spacial score (nSPS) is 10.5. The molecule has 3 rings (SSSR count). The van der Waals surface area contributed by atoms with Crippen molar-refractivity contribution in [1.82, 2.24) is 4.98 Å². The van der Waals surface area contributed by atoms with Crippen LogP contribution in [0.3, 0.4) is 0 Å². The summed E-state index contributed by atoms with van der Waals surface area (Å²) in [5.74, 6) is 0. The van der Waals surface area contributed by atoms with E-state index in [9.17, 15) is 0 Å². The van der Waals surface area contributed by atoms with Gasteiger partial charge in [0.25, 0.3) is 0 Å². The molecule has 0 unspecified atom stereocenters. The molecular weight excluding hydrogens is 274 g/mol. The molecule has 3 nitrogen and oxygen atoms in total. The number of anilines is 1. The summed E-state index contributed by atoms with van der Waals surface area (Å²) in [6.45, 7) is 7.08. The molecule has 19 heavy (non-hydrogen) atoms. The topological polar surface area (TPSA) is 43.3 Å². The van der Waals surface area contributed by atoms with Gasteiger partial charge in [0.2, 0.25) is 5.00 Å². The Balaban J connectivity index is 2.03. The Labute approximate surface area is 118 Å². The smallest absolute Gasteiger partial charge is 0.243 e. The van der Waals surface area contributed by atoms with Crippen LogP contribution in [-0.4, -0.2) is 4.98 Å². The van der Waals surface area contributed by atoms with Gasteiger partial charge in [-0.2, -0.15) is 11.3 Å². The SMILES string of the molecule is [C-]#[N+]c1cc2nccc(Sc3ccc(N)cc3)c2s1. The van der Waals surface area contributed by atoms with Crippen molar-refractivity contribution in [2.45, 2.75) is 9.79 Å². The average Bonchev–Trinajstić information content (AvgIpc) is 2.85. The van der Waals surface area contributed by atoms with Crippen LogP contribution in [0.25, 0.3) is 15.1 Å².